The Kier molecular flexibility index (Phi) is 6.55. The van der Waals surface area contributed by atoms with Crippen molar-refractivity contribution in [1.29, 1.82) is 0 Å². The minimum atomic E-state index is -0.278. The Morgan fingerprint density at radius 2 is 2.11 bits per heavy atom. The second kappa shape index (κ2) is 8.29. The van der Waals surface area contributed by atoms with Crippen LogP contribution >= 0.6 is 0 Å². The van der Waals surface area contributed by atoms with E-state index in [9.17, 15) is 4.79 Å². The molecule has 1 aromatic carbocycles. The van der Waals surface area contributed by atoms with Crippen molar-refractivity contribution in [3.05, 3.63) is 60.7 Å². The lowest BCUT2D eigenvalue weighted by atomic mass is 9.96. The molecule has 0 aliphatic heterocycles. The third-order valence-electron chi connectivity index (χ3n) is 2.60. The van der Waals surface area contributed by atoms with Gasteiger partial charge >= 0.3 is 5.97 Å². The number of carbonyl (C=O) groups is 1. The molecule has 0 aliphatic rings. The first-order chi connectivity index (χ1) is 8.76. The highest BCUT2D eigenvalue weighted by molar-refractivity contribution is 5.81. The Morgan fingerprint density at radius 3 is 2.72 bits per heavy atom. The minimum Gasteiger partial charge on any atom is -0.463 e. The molecule has 1 aromatic rings. The van der Waals surface area contributed by atoms with Gasteiger partial charge in [0.25, 0.3) is 0 Å². The van der Waals surface area contributed by atoms with Crippen LogP contribution < -0.4 is 0 Å². The molecule has 0 fully saturated rings. The first-order valence-electron chi connectivity index (χ1n) is 6.26. The molecule has 18 heavy (non-hydrogen) atoms. The second-order valence-corrected chi connectivity index (χ2v) is 4.09. The van der Waals surface area contributed by atoms with E-state index in [1.807, 2.05) is 30.4 Å². The first-order valence-corrected chi connectivity index (χ1v) is 6.26. The molecule has 2 heteroatoms. The van der Waals surface area contributed by atoms with Crippen LogP contribution in [0.1, 0.15) is 18.9 Å². The van der Waals surface area contributed by atoms with Gasteiger partial charge in [-0.2, -0.15) is 0 Å². The average molecular weight is 244 g/mol. The van der Waals surface area contributed by atoms with Gasteiger partial charge in [-0.1, -0.05) is 42.5 Å². The molecule has 1 atom stereocenters. The fourth-order valence-corrected chi connectivity index (χ4v) is 1.77. The topological polar surface area (TPSA) is 26.3 Å². The van der Waals surface area contributed by atoms with E-state index in [1.54, 1.807) is 6.92 Å². The number of ether oxygens (including phenoxy) is 1. The lowest BCUT2D eigenvalue weighted by Crippen LogP contribution is -2.04. The van der Waals surface area contributed by atoms with Crippen molar-refractivity contribution >= 4 is 5.97 Å². The van der Waals surface area contributed by atoms with Crippen molar-refractivity contribution in [2.75, 3.05) is 6.61 Å². The maximum absolute atomic E-state index is 11.3. The molecule has 0 bridgehead atoms. The Morgan fingerprint density at radius 1 is 1.39 bits per heavy atom. The van der Waals surface area contributed by atoms with Crippen molar-refractivity contribution in [3.8, 4) is 0 Å². The normalized spacial score (nSPS) is 12.3. The second-order valence-electron chi connectivity index (χ2n) is 4.09. The van der Waals surface area contributed by atoms with E-state index in [2.05, 4.69) is 18.7 Å². The number of allylic oxidation sites excluding steroid dienone is 2. The van der Waals surface area contributed by atoms with Crippen LogP contribution in [0.15, 0.2) is 55.1 Å². The van der Waals surface area contributed by atoms with Gasteiger partial charge in [-0.3, -0.25) is 0 Å². The first kappa shape index (κ1) is 14.2. The van der Waals surface area contributed by atoms with Crippen molar-refractivity contribution in [2.45, 2.75) is 19.8 Å². The van der Waals surface area contributed by atoms with Crippen LogP contribution in [0, 0.1) is 5.92 Å². The number of hydrogen-bond acceptors (Lipinski definition) is 2. The number of benzene rings is 1. The van der Waals surface area contributed by atoms with Crippen molar-refractivity contribution < 1.29 is 9.53 Å². The summed E-state index contributed by atoms with van der Waals surface area (Å²) in [6.07, 6.45) is 7.06. The predicted molar refractivity (Wildman–Crippen MR) is 74.2 cm³/mol. The molecule has 0 saturated heterocycles. The molecule has 1 unspecified atom stereocenters. The lowest BCUT2D eigenvalue weighted by Gasteiger charge is -2.10. The van der Waals surface area contributed by atoms with Crippen LogP contribution in [0.4, 0.5) is 0 Å². The molecule has 0 aromatic heterocycles. The van der Waals surface area contributed by atoms with E-state index in [-0.39, 0.29) is 11.9 Å². The molecule has 0 aliphatic carbocycles. The van der Waals surface area contributed by atoms with Gasteiger partial charge in [-0.15, -0.1) is 6.58 Å². The van der Waals surface area contributed by atoms with Crippen molar-refractivity contribution in [1.82, 2.24) is 0 Å². The molecule has 0 amide bonds. The Balaban J connectivity index is 2.60. The van der Waals surface area contributed by atoms with E-state index < -0.39 is 0 Å². The predicted octanol–water partition coefficient (Wildman–Crippen LogP) is 3.54. The molecular formula is C16H20O2. The van der Waals surface area contributed by atoms with E-state index >= 15 is 0 Å². The maximum Gasteiger partial charge on any atom is 0.330 e. The van der Waals surface area contributed by atoms with E-state index in [4.69, 9.17) is 4.74 Å². The summed E-state index contributed by atoms with van der Waals surface area (Å²) in [5, 5.41) is 0. The van der Waals surface area contributed by atoms with Gasteiger partial charge in [0.1, 0.15) is 0 Å². The Hall–Kier alpha value is -1.83. The molecule has 1 rings (SSSR count). The van der Waals surface area contributed by atoms with Crippen LogP contribution in [0.3, 0.4) is 0 Å². The molecular weight excluding hydrogens is 224 g/mol. The zero-order valence-electron chi connectivity index (χ0n) is 10.8. The number of hydrogen-bond donors (Lipinski definition) is 0. The summed E-state index contributed by atoms with van der Waals surface area (Å²) in [6.45, 7) is 5.97. The van der Waals surface area contributed by atoms with Gasteiger partial charge in [-0.05, 0) is 31.2 Å². The summed E-state index contributed by atoms with van der Waals surface area (Å²) in [7, 11) is 0. The highest BCUT2D eigenvalue weighted by atomic mass is 16.5. The van der Waals surface area contributed by atoms with E-state index in [1.165, 1.54) is 11.6 Å². The average Bonchev–Trinajstić information content (AvgIpc) is 2.38. The zero-order valence-corrected chi connectivity index (χ0v) is 10.8. The van der Waals surface area contributed by atoms with Gasteiger partial charge in [-0.25, -0.2) is 4.79 Å². The highest BCUT2D eigenvalue weighted by Gasteiger charge is 2.05. The van der Waals surface area contributed by atoms with Gasteiger partial charge < -0.3 is 4.74 Å². The summed E-state index contributed by atoms with van der Waals surface area (Å²) in [6, 6.07) is 10.2. The SMILES string of the molecule is C=CCC(/C=C\C(=O)OCC)Cc1ccccc1. The highest BCUT2D eigenvalue weighted by Crippen LogP contribution is 2.14. The van der Waals surface area contributed by atoms with Gasteiger partial charge in [0.15, 0.2) is 0 Å². The Labute approximate surface area is 109 Å². The monoisotopic (exact) mass is 244 g/mol. The van der Waals surface area contributed by atoms with Gasteiger partial charge in [0.05, 0.1) is 6.61 Å². The lowest BCUT2D eigenvalue weighted by molar-refractivity contribution is -0.137. The fourth-order valence-electron chi connectivity index (χ4n) is 1.77. The summed E-state index contributed by atoms with van der Waals surface area (Å²) in [5.74, 6) is 0.00827. The third-order valence-corrected chi connectivity index (χ3v) is 2.60. The molecule has 2 nitrogen and oxygen atoms in total. The van der Waals surface area contributed by atoms with Crippen molar-refractivity contribution in [2.24, 2.45) is 5.92 Å². The van der Waals surface area contributed by atoms with E-state index in [0.717, 1.165) is 12.8 Å². The smallest absolute Gasteiger partial charge is 0.330 e. The molecule has 0 N–H and O–H groups in total. The molecule has 0 saturated carbocycles. The molecule has 96 valence electrons. The van der Waals surface area contributed by atoms with Crippen LogP contribution in [0.2, 0.25) is 0 Å². The van der Waals surface area contributed by atoms with Crippen molar-refractivity contribution in [3.63, 3.8) is 0 Å². The number of esters is 1. The van der Waals surface area contributed by atoms with Crippen LogP contribution in [-0.4, -0.2) is 12.6 Å². The number of rotatable bonds is 7. The largest absolute Gasteiger partial charge is 0.463 e. The Bertz CT molecular complexity index is 393. The summed E-state index contributed by atoms with van der Waals surface area (Å²) in [5.41, 5.74) is 1.26. The van der Waals surface area contributed by atoms with Crippen LogP contribution in [0.5, 0.6) is 0 Å². The fraction of sp³-hybridized carbons (Fsp3) is 0.312. The quantitative estimate of drug-likeness (QED) is 0.416. The molecule has 0 radical (unpaired) electrons. The maximum atomic E-state index is 11.3. The van der Waals surface area contributed by atoms with Crippen LogP contribution in [0.25, 0.3) is 0 Å². The van der Waals surface area contributed by atoms with Gasteiger partial charge in [0, 0.05) is 6.08 Å². The number of carbonyl (C=O) groups excluding carboxylic acids is 1. The summed E-state index contributed by atoms with van der Waals surface area (Å²) >= 11 is 0. The van der Waals surface area contributed by atoms with Gasteiger partial charge in [0.2, 0.25) is 0 Å². The third kappa shape index (κ3) is 5.48. The summed E-state index contributed by atoms with van der Waals surface area (Å²) in [4.78, 5) is 11.3. The minimum absolute atomic E-state index is 0.278. The standard InChI is InChI=1S/C16H20O2/c1-3-8-14(11-12-16(17)18-4-2)13-15-9-6-5-7-10-15/h3,5-7,9-12,14H,1,4,8,13H2,2H3/b12-11-. The zero-order chi connectivity index (χ0) is 13.2. The van der Waals surface area contributed by atoms with Crippen LogP contribution in [-0.2, 0) is 16.0 Å². The molecule has 0 heterocycles. The van der Waals surface area contributed by atoms with E-state index in [0.29, 0.717) is 6.61 Å². The molecule has 0 spiro atoms. The summed E-state index contributed by atoms with van der Waals surface area (Å²) < 4.78 is 4.87.